The molecule has 2 amide bonds. The van der Waals surface area contributed by atoms with E-state index in [1.54, 1.807) is 0 Å². The summed E-state index contributed by atoms with van der Waals surface area (Å²) in [6.45, 7) is 0.875. The summed E-state index contributed by atoms with van der Waals surface area (Å²) in [7, 11) is 0. The van der Waals surface area contributed by atoms with Crippen molar-refractivity contribution in [2.45, 2.75) is 43.6 Å². The lowest BCUT2D eigenvalue weighted by Crippen LogP contribution is -2.56. The minimum atomic E-state index is -0.921. The molecule has 34 heavy (non-hydrogen) atoms. The van der Waals surface area contributed by atoms with Gasteiger partial charge in [0.2, 0.25) is 5.91 Å². The molecule has 0 bridgehead atoms. The smallest absolute Gasteiger partial charge is 0.407 e. The minimum absolute atomic E-state index is 0.0140. The van der Waals surface area contributed by atoms with E-state index in [2.05, 4.69) is 34.9 Å². The van der Waals surface area contributed by atoms with Crippen LogP contribution in [0.15, 0.2) is 48.5 Å². The van der Waals surface area contributed by atoms with Gasteiger partial charge in [0.1, 0.15) is 6.61 Å². The fourth-order valence-electron chi connectivity index (χ4n) is 4.69. The molecule has 8 nitrogen and oxygen atoms in total. The Morgan fingerprint density at radius 1 is 0.971 bits per heavy atom. The first-order valence-electron chi connectivity index (χ1n) is 11.7. The highest BCUT2D eigenvalue weighted by Gasteiger charge is 2.41. The molecule has 0 atom stereocenters. The number of carbonyl (C=O) groups excluding carboxylic acids is 2. The van der Waals surface area contributed by atoms with Gasteiger partial charge in [0.25, 0.3) is 0 Å². The summed E-state index contributed by atoms with van der Waals surface area (Å²) in [6, 6.07) is 16.3. The molecule has 2 aliphatic carbocycles. The Kier molecular flexibility index (Phi) is 7.47. The summed E-state index contributed by atoms with van der Waals surface area (Å²) in [5.74, 6) is -1.12. The van der Waals surface area contributed by atoms with Gasteiger partial charge in [-0.05, 0) is 41.5 Å². The van der Waals surface area contributed by atoms with Gasteiger partial charge in [0, 0.05) is 18.9 Å². The van der Waals surface area contributed by atoms with E-state index < -0.39 is 17.6 Å². The number of aliphatic carboxylic acids is 1. The molecule has 8 heteroatoms. The van der Waals surface area contributed by atoms with Crippen LogP contribution in [0.3, 0.4) is 0 Å². The second kappa shape index (κ2) is 10.7. The quantitative estimate of drug-likeness (QED) is 0.437. The minimum Gasteiger partial charge on any atom is -0.481 e. The van der Waals surface area contributed by atoms with Gasteiger partial charge in [-0.25, -0.2) is 4.79 Å². The number of rotatable bonds is 11. The molecule has 0 aliphatic heterocycles. The van der Waals surface area contributed by atoms with Crippen molar-refractivity contribution in [2.24, 2.45) is 0 Å². The molecule has 0 unspecified atom stereocenters. The molecule has 0 radical (unpaired) electrons. The lowest BCUT2D eigenvalue weighted by molar-refractivity contribution is -0.138. The number of fused-ring (bicyclic) bond motifs is 3. The zero-order valence-electron chi connectivity index (χ0n) is 19.0. The number of nitrogens with one attached hydrogen (secondary N) is 2. The highest BCUT2D eigenvalue weighted by Crippen LogP contribution is 2.44. The highest BCUT2D eigenvalue weighted by molar-refractivity contribution is 5.80. The van der Waals surface area contributed by atoms with Crippen LogP contribution in [0.1, 0.15) is 49.1 Å². The highest BCUT2D eigenvalue weighted by atomic mass is 16.5. The first-order chi connectivity index (χ1) is 16.5. The molecule has 0 spiro atoms. The summed E-state index contributed by atoms with van der Waals surface area (Å²) < 4.78 is 10.8. The first-order valence-corrected chi connectivity index (χ1v) is 11.7. The second-order valence-corrected chi connectivity index (χ2v) is 8.87. The summed E-state index contributed by atoms with van der Waals surface area (Å²) in [4.78, 5) is 35.5. The molecule has 1 saturated carbocycles. The van der Waals surface area contributed by atoms with Crippen LogP contribution < -0.4 is 10.6 Å². The monoisotopic (exact) mass is 466 g/mol. The number of hydrogen-bond acceptors (Lipinski definition) is 5. The van der Waals surface area contributed by atoms with Crippen LogP contribution in [0.5, 0.6) is 0 Å². The zero-order chi connectivity index (χ0) is 24.0. The normalized spacial score (nSPS) is 15.5. The third-order valence-electron chi connectivity index (χ3n) is 6.55. The van der Waals surface area contributed by atoms with Crippen molar-refractivity contribution in [2.75, 3.05) is 26.4 Å². The van der Waals surface area contributed by atoms with E-state index in [1.807, 2.05) is 24.3 Å². The molecule has 2 aliphatic rings. The van der Waals surface area contributed by atoms with Crippen molar-refractivity contribution in [1.29, 1.82) is 0 Å². The second-order valence-electron chi connectivity index (χ2n) is 8.87. The Bertz CT molecular complexity index is 1000. The molecular formula is C26H30N2O6. The number of amides is 2. The maximum Gasteiger partial charge on any atom is 0.407 e. The van der Waals surface area contributed by atoms with Crippen LogP contribution in [0.25, 0.3) is 11.1 Å². The van der Waals surface area contributed by atoms with E-state index >= 15 is 0 Å². The Morgan fingerprint density at radius 3 is 2.21 bits per heavy atom. The van der Waals surface area contributed by atoms with Gasteiger partial charge in [-0.2, -0.15) is 0 Å². The largest absolute Gasteiger partial charge is 0.481 e. The van der Waals surface area contributed by atoms with Crippen molar-refractivity contribution in [3.8, 4) is 11.1 Å². The molecule has 2 aromatic carbocycles. The third-order valence-corrected chi connectivity index (χ3v) is 6.55. The summed E-state index contributed by atoms with van der Waals surface area (Å²) >= 11 is 0. The van der Waals surface area contributed by atoms with Crippen molar-refractivity contribution in [1.82, 2.24) is 10.6 Å². The van der Waals surface area contributed by atoms with Crippen molar-refractivity contribution >= 4 is 18.0 Å². The Balaban J connectivity index is 1.25. The predicted octanol–water partition coefficient (Wildman–Crippen LogP) is 3.45. The van der Waals surface area contributed by atoms with Gasteiger partial charge in [0.05, 0.1) is 25.2 Å². The number of hydrogen-bond donors (Lipinski definition) is 3. The lowest BCUT2D eigenvalue weighted by atomic mass is 9.74. The van der Waals surface area contributed by atoms with Crippen molar-refractivity contribution in [3.63, 3.8) is 0 Å². The van der Waals surface area contributed by atoms with Crippen LogP contribution in [-0.2, 0) is 19.1 Å². The van der Waals surface area contributed by atoms with Crippen molar-refractivity contribution < 1.29 is 29.0 Å². The fraction of sp³-hybridized carbons (Fsp3) is 0.423. The Labute approximate surface area is 198 Å². The van der Waals surface area contributed by atoms with Crippen LogP contribution in [0.4, 0.5) is 4.79 Å². The first kappa shape index (κ1) is 23.8. The maximum absolute atomic E-state index is 12.7. The maximum atomic E-state index is 12.7. The van der Waals surface area contributed by atoms with Crippen molar-refractivity contribution in [3.05, 3.63) is 59.7 Å². The fourth-order valence-corrected chi connectivity index (χ4v) is 4.69. The number of alkyl carbamates (subject to hydrolysis) is 1. The van der Waals surface area contributed by atoms with Crippen LogP contribution in [0.2, 0.25) is 0 Å². The van der Waals surface area contributed by atoms with Gasteiger partial charge in [-0.1, -0.05) is 48.5 Å². The van der Waals surface area contributed by atoms with Gasteiger partial charge in [-0.15, -0.1) is 0 Å². The van der Waals surface area contributed by atoms with Gasteiger partial charge < -0.3 is 25.2 Å². The molecule has 0 saturated heterocycles. The summed E-state index contributed by atoms with van der Waals surface area (Å²) in [5.41, 5.74) is 4.06. The molecule has 2 aromatic rings. The predicted molar refractivity (Wildman–Crippen MR) is 125 cm³/mol. The Morgan fingerprint density at radius 2 is 1.62 bits per heavy atom. The van der Waals surface area contributed by atoms with E-state index in [0.717, 1.165) is 30.4 Å². The standard InChI is InChI=1S/C26H30N2O6/c29-23(27-13-15-33-14-10-24(30)31)16-26(11-5-12-26)28-25(32)34-17-22-20-8-3-1-6-18(20)19-7-2-4-9-21(19)22/h1-4,6-9,22H,5,10-17H2,(H,27,29)(H,28,32)(H,30,31). The molecular weight excluding hydrogens is 436 g/mol. The SMILES string of the molecule is O=C(O)CCOCCNC(=O)CC1(NC(=O)OCC2c3ccccc3-c3ccccc32)CCC1. The topological polar surface area (TPSA) is 114 Å². The molecule has 180 valence electrons. The van der Waals surface area contributed by atoms with Gasteiger partial charge in [-0.3, -0.25) is 9.59 Å². The number of carboxylic acids is 1. The van der Waals surface area contributed by atoms with Gasteiger partial charge >= 0.3 is 12.1 Å². The van der Waals surface area contributed by atoms with Crippen LogP contribution >= 0.6 is 0 Å². The van der Waals surface area contributed by atoms with E-state index in [-0.39, 0.29) is 44.5 Å². The molecule has 3 N–H and O–H groups in total. The number of carbonyl (C=O) groups is 3. The summed E-state index contributed by atoms with van der Waals surface area (Å²) in [6.07, 6.45) is 1.98. The lowest BCUT2D eigenvalue weighted by Gasteiger charge is -2.41. The third kappa shape index (κ3) is 5.56. The molecule has 1 fully saturated rings. The number of benzene rings is 2. The molecule has 0 heterocycles. The summed E-state index contributed by atoms with van der Waals surface area (Å²) in [5, 5.41) is 14.3. The van der Waals surface area contributed by atoms with E-state index in [0.29, 0.717) is 6.54 Å². The van der Waals surface area contributed by atoms with E-state index in [9.17, 15) is 14.4 Å². The van der Waals surface area contributed by atoms with Crippen LogP contribution in [-0.4, -0.2) is 55.0 Å². The number of carboxylic acid groups (broad SMARTS) is 1. The van der Waals surface area contributed by atoms with Gasteiger partial charge in [0.15, 0.2) is 0 Å². The molecule has 4 rings (SSSR count). The zero-order valence-corrected chi connectivity index (χ0v) is 19.0. The molecule has 0 aromatic heterocycles. The Hall–Kier alpha value is -3.39. The number of ether oxygens (including phenoxy) is 2. The average Bonchev–Trinajstić information content (AvgIpc) is 3.12. The van der Waals surface area contributed by atoms with E-state index in [1.165, 1.54) is 11.1 Å². The average molecular weight is 467 g/mol. The van der Waals surface area contributed by atoms with E-state index in [4.69, 9.17) is 14.6 Å². The van der Waals surface area contributed by atoms with Crippen LogP contribution in [0, 0.1) is 0 Å².